The molecule has 0 amide bonds. The summed E-state index contributed by atoms with van der Waals surface area (Å²) >= 11 is 0. The minimum absolute atomic E-state index is 0.00778. The SMILES string of the molecule is N#Cc1ccc(-c2ccc(S(=O)(=O)N(CCO)CCO)cc2)[nH]c1=O. The maximum Gasteiger partial charge on any atom is 0.266 e. The van der Waals surface area contributed by atoms with E-state index in [2.05, 4.69) is 4.98 Å². The summed E-state index contributed by atoms with van der Waals surface area (Å²) in [6.45, 7) is -0.950. The lowest BCUT2D eigenvalue weighted by Gasteiger charge is -2.20. The predicted molar refractivity (Wildman–Crippen MR) is 90.1 cm³/mol. The van der Waals surface area contributed by atoms with E-state index >= 15 is 0 Å². The van der Waals surface area contributed by atoms with Crippen LogP contribution in [0.4, 0.5) is 0 Å². The molecule has 9 heteroatoms. The van der Waals surface area contributed by atoms with Gasteiger partial charge in [0.25, 0.3) is 5.56 Å². The molecular weight excluding hydrogens is 346 g/mol. The van der Waals surface area contributed by atoms with E-state index in [1.54, 1.807) is 12.1 Å². The number of nitriles is 1. The van der Waals surface area contributed by atoms with Crippen molar-refractivity contribution in [2.24, 2.45) is 0 Å². The fraction of sp³-hybridized carbons (Fsp3) is 0.250. The second-order valence-corrected chi connectivity index (χ2v) is 7.04. The van der Waals surface area contributed by atoms with Gasteiger partial charge in [0.2, 0.25) is 10.0 Å². The molecule has 0 bridgehead atoms. The Morgan fingerprint density at radius 2 is 1.64 bits per heavy atom. The zero-order chi connectivity index (χ0) is 18.4. The third-order valence-electron chi connectivity index (χ3n) is 3.53. The second kappa shape index (κ2) is 8.04. The summed E-state index contributed by atoms with van der Waals surface area (Å²) in [7, 11) is -3.84. The third-order valence-corrected chi connectivity index (χ3v) is 5.44. The summed E-state index contributed by atoms with van der Waals surface area (Å²) in [6, 6.07) is 10.5. The normalized spacial score (nSPS) is 11.4. The van der Waals surface area contributed by atoms with Crippen LogP contribution in [0.15, 0.2) is 46.1 Å². The third kappa shape index (κ3) is 4.12. The Morgan fingerprint density at radius 1 is 1.04 bits per heavy atom. The Bertz CT molecular complexity index is 923. The molecular formula is C16H17N3O5S. The van der Waals surface area contributed by atoms with Crippen LogP contribution in [0.5, 0.6) is 0 Å². The lowest BCUT2D eigenvalue weighted by atomic mass is 10.1. The van der Waals surface area contributed by atoms with E-state index in [0.717, 1.165) is 4.31 Å². The van der Waals surface area contributed by atoms with E-state index in [1.807, 2.05) is 0 Å². The Hall–Kier alpha value is -2.51. The molecule has 0 aliphatic heterocycles. The molecule has 2 rings (SSSR count). The molecule has 0 unspecified atom stereocenters. The Labute approximate surface area is 144 Å². The van der Waals surface area contributed by atoms with E-state index < -0.39 is 15.6 Å². The van der Waals surface area contributed by atoms with Crippen molar-refractivity contribution < 1.29 is 18.6 Å². The number of hydrogen-bond donors (Lipinski definition) is 3. The van der Waals surface area contributed by atoms with Gasteiger partial charge in [0.05, 0.1) is 18.1 Å². The molecule has 25 heavy (non-hydrogen) atoms. The molecule has 1 aromatic carbocycles. The van der Waals surface area contributed by atoms with Crippen LogP contribution in [0.1, 0.15) is 5.56 Å². The summed E-state index contributed by atoms with van der Waals surface area (Å²) in [5.74, 6) is 0. The van der Waals surface area contributed by atoms with Crippen LogP contribution in [-0.2, 0) is 10.0 Å². The average Bonchev–Trinajstić information content (AvgIpc) is 2.61. The number of nitrogens with zero attached hydrogens (tertiary/aromatic N) is 2. The largest absolute Gasteiger partial charge is 0.395 e. The van der Waals surface area contributed by atoms with Crippen LogP contribution < -0.4 is 5.56 Å². The molecule has 3 N–H and O–H groups in total. The van der Waals surface area contributed by atoms with Crippen LogP contribution in [0.25, 0.3) is 11.3 Å². The van der Waals surface area contributed by atoms with Gasteiger partial charge < -0.3 is 15.2 Å². The molecule has 0 fully saturated rings. The van der Waals surface area contributed by atoms with Gasteiger partial charge in [-0.05, 0) is 29.8 Å². The highest BCUT2D eigenvalue weighted by Crippen LogP contribution is 2.21. The number of benzene rings is 1. The molecule has 0 atom stereocenters. The van der Waals surface area contributed by atoms with Crippen molar-refractivity contribution in [2.75, 3.05) is 26.3 Å². The number of sulfonamides is 1. The minimum Gasteiger partial charge on any atom is -0.395 e. The number of aliphatic hydroxyl groups excluding tert-OH is 2. The monoisotopic (exact) mass is 363 g/mol. The molecule has 0 saturated heterocycles. The fourth-order valence-electron chi connectivity index (χ4n) is 2.26. The quantitative estimate of drug-likeness (QED) is 0.628. The highest BCUT2D eigenvalue weighted by Gasteiger charge is 2.23. The first-order chi connectivity index (χ1) is 11.9. The molecule has 0 aliphatic rings. The second-order valence-electron chi connectivity index (χ2n) is 5.10. The van der Waals surface area contributed by atoms with Gasteiger partial charge in [-0.3, -0.25) is 4.79 Å². The Morgan fingerprint density at radius 3 is 2.12 bits per heavy atom. The van der Waals surface area contributed by atoms with E-state index in [9.17, 15) is 13.2 Å². The minimum atomic E-state index is -3.84. The number of aliphatic hydroxyl groups is 2. The van der Waals surface area contributed by atoms with Crippen LogP contribution in [0, 0.1) is 11.3 Å². The number of pyridine rings is 1. The molecule has 132 valence electrons. The molecule has 1 heterocycles. The predicted octanol–water partition coefficient (Wildman–Crippen LogP) is -0.111. The van der Waals surface area contributed by atoms with Crippen LogP contribution in [0.2, 0.25) is 0 Å². The molecule has 0 saturated carbocycles. The van der Waals surface area contributed by atoms with Gasteiger partial charge in [0.1, 0.15) is 11.6 Å². The number of hydrogen-bond acceptors (Lipinski definition) is 6. The van der Waals surface area contributed by atoms with Crippen molar-refractivity contribution >= 4 is 10.0 Å². The van der Waals surface area contributed by atoms with Crippen molar-refractivity contribution in [1.82, 2.24) is 9.29 Å². The van der Waals surface area contributed by atoms with Crippen molar-refractivity contribution in [3.05, 3.63) is 52.3 Å². The Balaban J connectivity index is 2.34. The molecule has 1 aromatic heterocycles. The summed E-state index contributed by atoms with van der Waals surface area (Å²) in [4.78, 5) is 14.2. The van der Waals surface area contributed by atoms with E-state index in [0.29, 0.717) is 11.3 Å². The number of rotatable bonds is 7. The van der Waals surface area contributed by atoms with E-state index in [-0.39, 0.29) is 36.8 Å². The summed E-state index contributed by atoms with van der Waals surface area (Å²) in [6.07, 6.45) is 0. The number of nitrogens with one attached hydrogen (secondary N) is 1. The fourth-order valence-corrected chi connectivity index (χ4v) is 3.68. The smallest absolute Gasteiger partial charge is 0.266 e. The zero-order valence-electron chi connectivity index (χ0n) is 13.2. The van der Waals surface area contributed by atoms with Gasteiger partial charge in [0.15, 0.2) is 0 Å². The van der Waals surface area contributed by atoms with E-state index in [1.165, 1.54) is 30.3 Å². The van der Waals surface area contributed by atoms with Gasteiger partial charge in [-0.25, -0.2) is 8.42 Å². The number of aromatic nitrogens is 1. The van der Waals surface area contributed by atoms with E-state index in [4.69, 9.17) is 15.5 Å². The maximum atomic E-state index is 12.5. The lowest BCUT2D eigenvalue weighted by Crippen LogP contribution is -2.35. The van der Waals surface area contributed by atoms with Gasteiger partial charge in [-0.15, -0.1) is 0 Å². The summed E-state index contributed by atoms with van der Waals surface area (Å²) in [5.41, 5.74) is 0.507. The van der Waals surface area contributed by atoms with Crippen molar-refractivity contribution in [3.8, 4) is 17.3 Å². The lowest BCUT2D eigenvalue weighted by molar-refractivity contribution is 0.217. The summed E-state index contributed by atoms with van der Waals surface area (Å²) < 4.78 is 26.0. The van der Waals surface area contributed by atoms with Crippen LogP contribution >= 0.6 is 0 Å². The number of H-pyrrole nitrogens is 1. The molecule has 0 aliphatic carbocycles. The van der Waals surface area contributed by atoms with Crippen molar-refractivity contribution in [1.29, 1.82) is 5.26 Å². The van der Waals surface area contributed by atoms with Crippen molar-refractivity contribution in [2.45, 2.75) is 4.90 Å². The number of aromatic amines is 1. The van der Waals surface area contributed by atoms with Gasteiger partial charge in [-0.1, -0.05) is 12.1 Å². The molecule has 0 radical (unpaired) electrons. The highest BCUT2D eigenvalue weighted by molar-refractivity contribution is 7.89. The van der Waals surface area contributed by atoms with Crippen LogP contribution in [0.3, 0.4) is 0 Å². The zero-order valence-corrected chi connectivity index (χ0v) is 14.0. The van der Waals surface area contributed by atoms with Gasteiger partial charge >= 0.3 is 0 Å². The molecule has 8 nitrogen and oxygen atoms in total. The van der Waals surface area contributed by atoms with Gasteiger partial charge in [0, 0.05) is 18.8 Å². The summed E-state index contributed by atoms with van der Waals surface area (Å²) in [5, 5.41) is 26.7. The van der Waals surface area contributed by atoms with Gasteiger partial charge in [-0.2, -0.15) is 9.57 Å². The first-order valence-electron chi connectivity index (χ1n) is 7.39. The standard InChI is InChI=1S/C16H17N3O5S/c17-11-13-3-6-15(18-16(13)22)12-1-4-14(5-2-12)25(23,24)19(7-9-20)8-10-21/h1-6,20-21H,7-10H2,(H,18,22). The van der Waals surface area contributed by atoms with Crippen LogP contribution in [-0.4, -0.2) is 54.2 Å². The Kier molecular flexibility index (Phi) is 6.06. The maximum absolute atomic E-state index is 12.5. The first-order valence-corrected chi connectivity index (χ1v) is 8.83. The molecule has 2 aromatic rings. The highest BCUT2D eigenvalue weighted by atomic mass is 32.2. The van der Waals surface area contributed by atoms with Crippen molar-refractivity contribution in [3.63, 3.8) is 0 Å². The topological polar surface area (TPSA) is 134 Å². The average molecular weight is 363 g/mol. The molecule has 0 spiro atoms. The first kappa shape index (κ1) is 18.8.